The first-order valence-electron chi connectivity index (χ1n) is 5.84. The maximum atomic E-state index is 11.7. The van der Waals surface area contributed by atoms with Crippen LogP contribution >= 0.6 is 23.2 Å². The summed E-state index contributed by atoms with van der Waals surface area (Å²) in [5, 5.41) is 4.33. The zero-order valence-corrected chi connectivity index (χ0v) is 11.2. The number of benzene rings is 1. The minimum Gasteiger partial charge on any atom is -0.313 e. The summed E-state index contributed by atoms with van der Waals surface area (Å²) in [6.45, 7) is 0. The van der Waals surface area contributed by atoms with Crippen LogP contribution in [-0.4, -0.2) is 17.1 Å². The lowest BCUT2D eigenvalue weighted by Crippen LogP contribution is -2.20. The van der Waals surface area contributed by atoms with Crippen molar-refractivity contribution < 1.29 is 9.63 Å². The van der Waals surface area contributed by atoms with Gasteiger partial charge in [0.1, 0.15) is 0 Å². The van der Waals surface area contributed by atoms with Gasteiger partial charge >= 0.3 is 5.97 Å². The fourth-order valence-electron chi connectivity index (χ4n) is 1.79. The van der Waals surface area contributed by atoms with Gasteiger partial charge in [-0.3, -0.25) is 0 Å². The zero-order chi connectivity index (χ0) is 13.0. The SMILES string of the molecule is O=C(ON=C1CCCCC1Cl)c1ccc(Cl)cc1. The number of alkyl halides is 1. The minimum absolute atomic E-state index is 0.114. The van der Waals surface area contributed by atoms with Crippen LogP contribution in [0.3, 0.4) is 0 Å². The Kier molecular flexibility index (Phi) is 4.61. The third-order valence-corrected chi connectivity index (χ3v) is 3.55. The molecule has 1 aromatic carbocycles. The second kappa shape index (κ2) is 6.21. The Bertz CT molecular complexity index is 457. The van der Waals surface area contributed by atoms with E-state index in [4.69, 9.17) is 28.0 Å². The maximum absolute atomic E-state index is 11.7. The highest BCUT2D eigenvalue weighted by molar-refractivity contribution is 6.32. The van der Waals surface area contributed by atoms with Crippen LogP contribution in [-0.2, 0) is 4.84 Å². The smallest absolute Gasteiger partial charge is 0.313 e. The average Bonchev–Trinajstić information content (AvgIpc) is 2.38. The molecule has 0 aliphatic heterocycles. The van der Waals surface area contributed by atoms with Gasteiger partial charge in [-0.2, -0.15) is 0 Å². The molecule has 18 heavy (non-hydrogen) atoms. The molecule has 3 nitrogen and oxygen atoms in total. The lowest BCUT2D eigenvalue weighted by molar-refractivity contribution is 0.0514. The number of halogens is 2. The summed E-state index contributed by atoms with van der Waals surface area (Å²) in [6, 6.07) is 6.47. The highest BCUT2D eigenvalue weighted by atomic mass is 35.5. The van der Waals surface area contributed by atoms with Crippen molar-refractivity contribution >= 4 is 34.9 Å². The van der Waals surface area contributed by atoms with Crippen molar-refractivity contribution in [3.8, 4) is 0 Å². The largest absolute Gasteiger partial charge is 0.365 e. The van der Waals surface area contributed by atoms with E-state index in [1.54, 1.807) is 24.3 Å². The van der Waals surface area contributed by atoms with Gasteiger partial charge in [0.25, 0.3) is 0 Å². The molecule has 1 fully saturated rings. The number of hydrogen-bond donors (Lipinski definition) is 0. The van der Waals surface area contributed by atoms with Crippen molar-refractivity contribution in [2.75, 3.05) is 0 Å². The van der Waals surface area contributed by atoms with Crippen molar-refractivity contribution in [1.82, 2.24) is 0 Å². The Labute approximate surface area is 116 Å². The normalized spacial score (nSPS) is 21.9. The topological polar surface area (TPSA) is 38.7 Å². The summed E-state index contributed by atoms with van der Waals surface area (Å²) in [5.74, 6) is -0.492. The fraction of sp³-hybridized carbons (Fsp3) is 0.385. The second-order valence-electron chi connectivity index (χ2n) is 4.18. The summed E-state index contributed by atoms with van der Waals surface area (Å²) in [4.78, 5) is 16.6. The first-order chi connectivity index (χ1) is 8.66. The summed E-state index contributed by atoms with van der Waals surface area (Å²) in [6.07, 6.45) is 3.82. The predicted molar refractivity (Wildman–Crippen MR) is 72.4 cm³/mol. The molecule has 1 aliphatic carbocycles. The quantitative estimate of drug-likeness (QED) is 0.467. The van der Waals surface area contributed by atoms with E-state index in [2.05, 4.69) is 5.16 Å². The Morgan fingerprint density at radius 3 is 2.67 bits per heavy atom. The van der Waals surface area contributed by atoms with Crippen LogP contribution in [0.5, 0.6) is 0 Å². The monoisotopic (exact) mass is 285 g/mol. The Balaban J connectivity index is 1.99. The van der Waals surface area contributed by atoms with E-state index in [1.807, 2.05) is 0 Å². The molecular weight excluding hydrogens is 273 g/mol. The molecule has 0 aromatic heterocycles. The molecule has 0 saturated heterocycles. The lowest BCUT2D eigenvalue weighted by Gasteiger charge is -2.17. The molecular formula is C13H13Cl2NO2. The highest BCUT2D eigenvalue weighted by Crippen LogP contribution is 2.21. The van der Waals surface area contributed by atoms with Gasteiger partial charge in [-0.1, -0.05) is 23.2 Å². The highest BCUT2D eigenvalue weighted by Gasteiger charge is 2.19. The lowest BCUT2D eigenvalue weighted by atomic mass is 9.98. The van der Waals surface area contributed by atoms with Crippen LogP contribution in [0.1, 0.15) is 36.0 Å². The van der Waals surface area contributed by atoms with Crippen LogP contribution < -0.4 is 0 Å². The number of oxime groups is 1. The van der Waals surface area contributed by atoms with Gasteiger partial charge in [-0.25, -0.2) is 4.79 Å². The van der Waals surface area contributed by atoms with Gasteiger partial charge in [-0.15, -0.1) is 11.6 Å². The van der Waals surface area contributed by atoms with Gasteiger partial charge in [0, 0.05) is 5.02 Å². The molecule has 1 atom stereocenters. The molecule has 0 bridgehead atoms. The molecule has 0 heterocycles. The maximum Gasteiger partial charge on any atom is 0.365 e. The Morgan fingerprint density at radius 2 is 2.00 bits per heavy atom. The van der Waals surface area contributed by atoms with Gasteiger partial charge < -0.3 is 4.84 Å². The molecule has 1 aromatic rings. The number of carbonyl (C=O) groups excluding carboxylic acids is 1. The molecule has 1 aliphatic rings. The Hall–Kier alpha value is -1.06. The van der Waals surface area contributed by atoms with Crippen molar-refractivity contribution in [2.24, 2.45) is 5.16 Å². The minimum atomic E-state index is -0.492. The van der Waals surface area contributed by atoms with Gasteiger partial charge in [0.05, 0.1) is 16.7 Å². The number of rotatable bonds is 2. The number of carbonyl (C=O) groups is 1. The molecule has 2 rings (SSSR count). The van der Waals surface area contributed by atoms with Gasteiger partial charge in [0.2, 0.25) is 0 Å². The second-order valence-corrected chi connectivity index (χ2v) is 5.14. The summed E-state index contributed by atoms with van der Waals surface area (Å²) >= 11 is 11.8. The zero-order valence-electron chi connectivity index (χ0n) is 9.73. The molecule has 0 N–H and O–H groups in total. The van der Waals surface area contributed by atoms with Crippen molar-refractivity contribution in [3.05, 3.63) is 34.9 Å². The van der Waals surface area contributed by atoms with E-state index < -0.39 is 5.97 Å². The van der Waals surface area contributed by atoms with Crippen molar-refractivity contribution in [3.63, 3.8) is 0 Å². The number of hydrogen-bond acceptors (Lipinski definition) is 3. The summed E-state index contributed by atoms with van der Waals surface area (Å²) < 4.78 is 0. The molecule has 5 heteroatoms. The van der Waals surface area contributed by atoms with Crippen LogP contribution in [0.2, 0.25) is 5.02 Å². The van der Waals surface area contributed by atoms with Crippen molar-refractivity contribution in [2.45, 2.75) is 31.1 Å². The molecule has 1 unspecified atom stereocenters. The van der Waals surface area contributed by atoms with Crippen LogP contribution in [0.25, 0.3) is 0 Å². The summed E-state index contributed by atoms with van der Waals surface area (Å²) in [7, 11) is 0. The van der Waals surface area contributed by atoms with Gasteiger partial charge in [0.15, 0.2) is 0 Å². The van der Waals surface area contributed by atoms with E-state index in [0.717, 1.165) is 31.4 Å². The average molecular weight is 286 g/mol. The van der Waals surface area contributed by atoms with E-state index >= 15 is 0 Å². The third-order valence-electron chi connectivity index (χ3n) is 2.83. The molecule has 96 valence electrons. The van der Waals surface area contributed by atoms with E-state index in [0.29, 0.717) is 10.6 Å². The first kappa shape index (κ1) is 13.4. The predicted octanol–water partition coefficient (Wildman–Crippen LogP) is 4.03. The Morgan fingerprint density at radius 1 is 1.28 bits per heavy atom. The van der Waals surface area contributed by atoms with Crippen LogP contribution in [0.4, 0.5) is 0 Å². The molecule has 0 spiro atoms. The fourth-order valence-corrected chi connectivity index (χ4v) is 2.22. The standard InChI is InChI=1S/C13H13Cl2NO2/c14-10-7-5-9(6-8-10)13(17)18-16-12-4-2-1-3-11(12)15/h5-8,11H,1-4H2. The number of nitrogens with zero attached hydrogens (tertiary/aromatic N) is 1. The molecule has 0 amide bonds. The molecule has 1 saturated carbocycles. The first-order valence-corrected chi connectivity index (χ1v) is 6.66. The van der Waals surface area contributed by atoms with Crippen LogP contribution in [0, 0.1) is 0 Å². The molecule has 0 radical (unpaired) electrons. The van der Waals surface area contributed by atoms with E-state index in [1.165, 1.54) is 0 Å². The van der Waals surface area contributed by atoms with Crippen LogP contribution in [0.15, 0.2) is 29.4 Å². The third kappa shape index (κ3) is 3.47. The van der Waals surface area contributed by atoms with E-state index in [-0.39, 0.29) is 5.38 Å². The van der Waals surface area contributed by atoms with Crippen molar-refractivity contribution in [1.29, 1.82) is 0 Å². The van der Waals surface area contributed by atoms with Gasteiger partial charge in [-0.05, 0) is 43.5 Å². The summed E-state index contributed by atoms with van der Waals surface area (Å²) in [5.41, 5.74) is 1.18. The van der Waals surface area contributed by atoms with E-state index in [9.17, 15) is 4.79 Å².